The molecule has 196 valence electrons. The second-order valence-corrected chi connectivity index (χ2v) is 10.3. The normalized spacial score (nSPS) is 11.6. The van der Waals surface area contributed by atoms with E-state index >= 15 is 0 Å². The Morgan fingerprint density at radius 1 is 0.974 bits per heavy atom. The second-order valence-electron chi connectivity index (χ2n) is 8.88. The lowest BCUT2D eigenvalue weighted by molar-refractivity contribution is -0.127. The maximum Gasteiger partial charge on any atom is 0.251 e. The first-order valence-corrected chi connectivity index (χ1v) is 13.5. The molecule has 0 aliphatic rings. The molecule has 0 bridgehead atoms. The van der Waals surface area contributed by atoms with E-state index < -0.39 is 6.04 Å². The minimum atomic E-state index is -0.971. The first-order chi connectivity index (χ1) is 19.0. The van der Waals surface area contributed by atoms with Gasteiger partial charge in [-0.2, -0.15) is 4.80 Å². The van der Waals surface area contributed by atoms with Gasteiger partial charge in [0.05, 0.1) is 4.88 Å². The van der Waals surface area contributed by atoms with E-state index in [1.165, 1.54) is 21.0 Å². The number of amides is 2. The predicted molar refractivity (Wildman–Crippen MR) is 152 cm³/mol. The smallest absolute Gasteiger partial charge is 0.251 e. The summed E-state index contributed by atoms with van der Waals surface area (Å²) < 4.78 is 0. The van der Waals surface area contributed by atoms with Crippen LogP contribution >= 0.6 is 22.9 Å². The lowest BCUT2D eigenvalue weighted by Crippen LogP contribution is -2.45. The summed E-state index contributed by atoms with van der Waals surface area (Å²) in [5.41, 5.74) is 3.16. The molecule has 0 aliphatic heterocycles. The second kappa shape index (κ2) is 12.0. The van der Waals surface area contributed by atoms with Crippen molar-refractivity contribution >= 4 is 40.4 Å². The molecule has 2 heterocycles. The molecule has 1 atom stereocenters. The van der Waals surface area contributed by atoms with Gasteiger partial charge in [0.25, 0.3) is 5.91 Å². The van der Waals surface area contributed by atoms with Gasteiger partial charge in [0.2, 0.25) is 11.7 Å². The highest BCUT2D eigenvalue weighted by Gasteiger charge is 2.33. The lowest BCUT2D eigenvalue weighted by atomic mass is 10.0. The van der Waals surface area contributed by atoms with Crippen molar-refractivity contribution in [1.29, 1.82) is 0 Å². The third kappa shape index (κ3) is 6.39. The van der Waals surface area contributed by atoms with Crippen LogP contribution in [0, 0.1) is 6.92 Å². The summed E-state index contributed by atoms with van der Waals surface area (Å²) in [6, 6.07) is 26.8. The van der Waals surface area contributed by atoms with Crippen LogP contribution in [0.5, 0.6) is 0 Å². The molecule has 0 saturated carbocycles. The molecule has 0 saturated heterocycles. The summed E-state index contributed by atoms with van der Waals surface area (Å²) in [5, 5.41) is 18.0. The SMILES string of the molecule is Cc1ccc(N(C(=O)Cn2nnc(-c3cccs3)n2)[C@H](C(=O)NCc2ccccc2)c2ccc(Cl)cc2)cc1. The number of nitrogens with one attached hydrogen (secondary N) is 1. The van der Waals surface area contributed by atoms with Crippen molar-refractivity contribution in [2.45, 2.75) is 26.1 Å². The number of halogens is 1. The highest BCUT2D eigenvalue weighted by atomic mass is 35.5. The van der Waals surface area contributed by atoms with E-state index in [1.54, 1.807) is 24.3 Å². The number of hydrogen-bond acceptors (Lipinski definition) is 6. The molecule has 2 amide bonds. The average molecular weight is 557 g/mol. The van der Waals surface area contributed by atoms with Gasteiger partial charge in [-0.3, -0.25) is 14.5 Å². The van der Waals surface area contributed by atoms with Crippen molar-refractivity contribution in [1.82, 2.24) is 25.5 Å². The predicted octanol–water partition coefficient (Wildman–Crippen LogP) is 5.45. The number of carbonyl (C=O) groups excluding carboxylic acids is 2. The number of carbonyl (C=O) groups is 2. The van der Waals surface area contributed by atoms with Crippen LogP contribution < -0.4 is 10.2 Å². The number of aryl methyl sites for hydroxylation is 1. The molecule has 0 radical (unpaired) electrons. The Hall–Kier alpha value is -4.34. The number of aromatic nitrogens is 4. The maximum atomic E-state index is 13.9. The fourth-order valence-electron chi connectivity index (χ4n) is 4.10. The third-order valence-corrected chi connectivity index (χ3v) is 7.17. The van der Waals surface area contributed by atoms with Crippen molar-refractivity contribution in [2.24, 2.45) is 0 Å². The highest BCUT2D eigenvalue weighted by molar-refractivity contribution is 7.13. The Bertz CT molecular complexity index is 1540. The van der Waals surface area contributed by atoms with Crippen molar-refractivity contribution in [3.63, 3.8) is 0 Å². The number of nitrogens with zero attached hydrogens (tertiary/aromatic N) is 5. The third-order valence-electron chi connectivity index (χ3n) is 6.05. The average Bonchev–Trinajstić information content (AvgIpc) is 3.65. The number of anilines is 1. The van der Waals surface area contributed by atoms with E-state index in [1.807, 2.05) is 79.0 Å². The molecule has 2 aromatic heterocycles. The summed E-state index contributed by atoms with van der Waals surface area (Å²) in [4.78, 5) is 31.3. The minimum Gasteiger partial charge on any atom is -0.350 e. The molecule has 5 rings (SSSR count). The Labute approximate surface area is 234 Å². The monoisotopic (exact) mass is 556 g/mol. The van der Waals surface area contributed by atoms with Gasteiger partial charge >= 0.3 is 0 Å². The molecule has 0 fully saturated rings. The van der Waals surface area contributed by atoms with E-state index in [-0.39, 0.29) is 18.4 Å². The standard InChI is InChI=1S/C29H25ClN6O2S/c1-20-9-15-24(16-10-20)36(26(37)19-35-33-28(32-34-35)25-8-5-17-39-25)27(22-11-13-23(30)14-12-22)29(38)31-18-21-6-3-2-4-7-21/h2-17,27H,18-19H2,1H3,(H,31,38)/t27-/m0/s1. The molecule has 1 N–H and O–H groups in total. The zero-order valence-corrected chi connectivity index (χ0v) is 22.6. The lowest BCUT2D eigenvalue weighted by Gasteiger charge is -2.31. The summed E-state index contributed by atoms with van der Waals surface area (Å²) in [5.74, 6) is -0.265. The molecular weight excluding hydrogens is 532 g/mol. The number of benzene rings is 3. The zero-order chi connectivity index (χ0) is 27.2. The fraction of sp³-hybridized carbons (Fsp3) is 0.138. The summed E-state index contributed by atoms with van der Waals surface area (Å²) in [6.45, 7) is 2.07. The molecule has 39 heavy (non-hydrogen) atoms. The van der Waals surface area contributed by atoms with E-state index in [9.17, 15) is 9.59 Å². The van der Waals surface area contributed by atoms with Crippen molar-refractivity contribution in [3.05, 3.63) is 118 Å². The van der Waals surface area contributed by atoms with Crippen LogP contribution in [0.3, 0.4) is 0 Å². The maximum absolute atomic E-state index is 13.9. The summed E-state index contributed by atoms with van der Waals surface area (Å²) in [7, 11) is 0. The number of thiophene rings is 1. The molecule has 0 aliphatic carbocycles. The van der Waals surface area contributed by atoms with Gasteiger partial charge in [-0.25, -0.2) is 0 Å². The highest BCUT2D eigenvalue weighted by Crippen LogP contribution is 2.30. The van der Waals surface area contributed by atoms with Gasteiger partial charge < -0.3 is 5.32 Å². The Kier molecular flexibility index (Phi) is 8.10. The molecule has 5 aromatic rings. The van der Waals surface area contributed by atoms with Gasteiger partial charge in [-0.1, -0.05) is 77.8 Å². The number of rotatable bonds is 9. The van der Waals surface area contributed by atoms with E-state index in [2.05, 4.69) is 20.7 Å². The molecule has 0 unspecified atom stereocenters. The Balaban J connectivity index is 1.50. The number of tetrazole rings is 1. The van der Waals surface area contributed by atoms with Crippen LogP contribution in [-0.4, -0.2) is 32.0 Å². The summed E-state index contributed by atoms with van der Waals surface area (Å²) in [6.07, 6.45) is 0. The summed E-state index contributed by atoms with van der Waals surface area (Å²) >= 11 is 7.64. The van der Waals surface area contributed by atoms with Crippen LogP contribution in [0.25, 0.3) is 10.7 Å². The van der Waals surface area contributed by atoms with Gasteiger partial charge in [-0.15, -0.1) is 21.5 Å². The zero-order valence-electron chi connectivity index (χ0n) is 21.1. The van der Waals surface area contributed by atoms with E-state index in [0.717, 1.165) is 16.0 Å². The van der Waals surface area contributed by atoms with Crippen molar-refractivity contribution < 1.29 is 9.59 Å². The Morgan fingerprint density at radius 2 is 1.72 bits per heavy atom. The molecular formula is C29H25ClN6O2S. The van der Waals surface area contributed by atoms with Crippen LogP contribution in [-0.2, 0) is 22.7 Å². The van der Waals surface area contributed by atoms with Gasteiger partial charge in [0.1, 0.15) is 12.6 Å². The molecule has 3 aromatic carbocycles. The fourth-order valence-corrected chi connectivity index (χ4v) is 4.87. The Morgan fingerprint density at radius 3 is 2.41 bits per heavy atom. The van der Waals surface area contributed by atoms with Crippen LogP contribution in [0.2, 0.25) is 5.02 Å². The van der Waals surface area contributed by atoms with Crippen molar-refractivity contribution in [2.75, 3.05) is 4.90 Å². The van der Waals surface area contributed by atoms with Gasteiger partial charge in [0, 0.05) is 17.3 Å². The number of hydrogen-bond donors (Lipinski definition) is 1. The van der Waals surface area contributed by atoms with E-state index in [0.29, 0.717) is 28.6 Å². The van der Waals surface area contributed by atoms with Crippen molar-refractivity contribution in [3.8, 4) is 10.7 Å². The minimum absolute atomic E-state index is 0.206. The first-order valence-electron chi connectivity index (χ1n) is 12.3. The largest absolute Gasteiger partial charge is 0.350 e. The van der Waals surface area contributed by atoms with Crippen LogP contribution in [0.1, 0.15) is 22.7 Å². The quantitative estimate of drug-likeness (QED) is 0.260. The van der Waals surface area contributed by atoms with Gasteiger partial charge in [0.15, 0.2) is 0 Å². The van der Waals surface area contributed by atoms with Crippen LogP contribution in [0.15, 0.2) is 96.4 Å². The van der Waals surface area contributed by atoms with E-state index in [4.69, 9.17) is 11.6 Å². The molecule has 10 heteroatoms. The molecule has 8 nitrogen and oxygen atoms in total. The van der Waals surface area contributed by atoms with Crippen LogP contribution in [0.4, 0.5) is 5.69 Å². The van der Waals surface area contributed by atoms with Gasteiger partial charge in [-0.05, 0) is 59.0 Å². The topological polar surface area (TPSA) is 93.0 Å². The molecule has 0 spiro atoms. The first kappa shape index (κ1) is 26.3.